The summed E-state index contributed by atoms with van der Waals surface area (Å²) in [4.78, 5) is 4.19. The van der Waals surface area contributed by atoms with Crippen molar-refractivity contribution in [2.75, 3.05) is 7.05 Å². The maximum atomic E-state index is 5.89. The molecule has 1 aromatic heterocycles. The molecule has 0 bridgehead atoms. The van der Waals surface area contributed by atoms with Crippen LogP contribution in [0, 0.1) is 13.8 Å². The van der Waals surface area contributed by atoms with E-state index in [-0.39, 0.29) is 0 Å². The Hall–Kier alpha value is -1.87. The average molecular weight is 242 g/mol. The fourth-order valence-corrected chi connectivity index (χ4v) is 1.76. The molecule has 0 radical (unpaired) electrons. The summed E-state index contributed by atoms with van der Waals surface area (Å²) in [6.45, 7) is 4.89. The zero-order valence-electron chi connectivity index (χ0n) is 11.0. The van der Waals surface area contributed by atoms with E-state index in [4.69, 9.17) is 4.74 Å². The first kappa shape index (κ1) is 12.6. The zero-order valence-corrected chi connectivity index (χ0v) is 11.0. The molecule has 94 valence electrons. The van der Waals surface area contributed by atoms with Crippen LogP contribution in [0.3, 0.4) is 0 Å². The number of aromatic nitrogens is 1. The van der Waals surface area contributed by atoms with Crippen LogP contribution in [0.4, 0.5) is 0 Å². The Balaban J connectivity index is 2.22. The molecule has 1 N–H and O–H groups in total. The van der Waals surface area contributed by atoms with Crippen LogP contribution in [0.1, 0.15) is 16.7 Å². The van der Waals surface area contributed by atoms with Crippen LogP contribution in [0.2, 0.25) is 0 Å². The van der Waals surface area contributed by atoms with E-state index in [2.05, 4.69) is 29.4 Å². The monoisotopic (exact) mass is 242 g/mol. The van der Waals surface area contributed by atoms with Gasteiger partial charge in [0.25, 0.3) is 0 Å². The van der Waals surface area contributed by atoms with Gasteiger partial charge >= 0.3 is 0 Å². The summed E-state index contributed by atoms with van der Waals surface area (Å²) in [5.74, 6) is 1.66. The Kier molecular flexibility index (Phi) is 3.95. The zero-order chi connectivity index (χ0) is 13.0. The maximum absolute atomic E-state index is 5.89. The number of benzene rings is 1. The molecule has 1 heterocycles. The lowest BCUT2D eigenvalue weighted by Crippen LogP contribution is -2.05. The first-order chi connectivity index (χ1) is 8.69. The van der Waals surface area contributed by atoms with E-state index in [1.165, 1.54) is 5.56 Å². The smallest absolute Gasteiger partial charge is 0.146 e. The molecule has 3 heteroatoms. The van der Waals surface area contributed by atoms with Gasteiger partial charge in [0.1, 0.15) is 11.5 Å². The van der Waals surface area contributed by atoms with Crippen molar-refractivity contribution in [3.05, 3.63) is 53.3 Å². The third kappa shape index (κ3) is 3.08. The highest BCUT2D eigenvalue weighted by molar-refractivity contribution is 5.39. The molecule has 2 rings (SSSR count). The third-order valence-electron chi connectivity index (χ3n) is 2.72. The van der Waals surface area contributed by atoms with Crippen molar-refractivity contribution >= 4 is 0 Å². The molecule has 0 aliphatic heterocycles. The average Bonchev–Trinajstić information content (AvgIpc) is 2.35. The number of rotatable bonds is 4. The Morgan fingerprint density at radius 3 is 2.78 bits per heavy atom. The molecular formula is C15H18N2O. The fraction of sp³-hybridized carbons (Fsp3) is 0.267. The van der Waals surface area contributed by atoms with Crippen LogP contribution in [0.15, 0.2) is 36.7 Å². The number of pyridine rings is 1. The summed E-state index contributed by atoms with van der Waals surface area (Å²) in [6, 6.07) is 8.19. The molecular weight excluding hydrogens is 224 g/mol. The maximum Gasteiger partial charge on any atom is 0.146 e. The van der Waals surface area contributed by atoms with Gasteiger partial charge in [0, 0.05) is 12.7 Å². The van der Waals surface area contributed by atoms with Gasteiger partial charge in [-0.05, 0) is 49.7 Å². The van der Waals surface area contributed by atoms with E-state index in [9.17, 15) is 0 Å². The number of hydrogen-bond donors (Lipinski definition) is 1. The Bertz CT molecular complexity index is 538. The van der Waals surface area contributed by atoms with Crippen LogP contribution in [0.25, 0.3) is 0 Å². The number of nitrogens with zero attached hydrogens (tertiary/aromatic N) is 1. The second-order valence-electron chi connectivity index (χ2n) is 4.43. The number of aryl methyl sites for hydroxylation is 2. The highest BCUT2D eigenvalue weighted by Gasteiger charge is 2.03. The normalized spacial score (nSPS) is 10.4. The first-order valence-corrected chi connectivity index (χ1v) is 6.02. The van der Waals surface area contributed by atoms with Gasteiger partial charge in [-0.15, -0.1) is 0 Å². The molecule has 0 spiro atoms. The quantitative estimate of drug-likeness (QED) is 0.894. The van der Waals surface area contributed by atoms with Crippen molar-refractivity contribution in [3.63, 3.8) is 0 Å². The van der Waals surface area contributed by atoms with Crippen molar-refractivity contribution in [2.24, 2.45) is 0 Å². The molecule has 1 aromatic carbocycles. The lowest BCUT2D eigenvalue weighted by molar-refractivity contribution is 0.475. The first-order valence-electron chi connectivity index (χ1n) is 6.02. The van der Waals surface area contributed by atoms with E-state index >= 15 is 0 Å². The van der Waals surface area contributed by atoms with E-state index in [1.807, 2.05) is 32.3 Å². The fourth-order valence-electron chi connectivity index (χ4n) is 1.76. The van der Waals surface area contributed by atoms with Crippen LogP contribution in [0.5, 0.6) is 11.5 Å². The SMILES string of the molecule is CNCc1cncc(Oc2cc(C)ccc2C)c1. The van der Waals surface area contributed by atoms with Gasteiger partial charge in [-0.2, -0.15) is 0 Å². The minimum Gasteiger partial charge on any atom is -0.455 e. The van der Waals surface area contributed by atoms with Gasteiger partial charge in [0.05, 0.1) is 6.20 Å². The largest absolute Gasteiger partial charge is 0.455 e. The summed E-state index contributed by atoms with van der Waals surface area (Å²) >= 11 is 0. The van der Waals surface area contributed by atoms with Gasteiger partial charge < -0.3 is 10.1 Å². The van der Waals surface area contributed by atoms with Crippen LogP contribution in [-0.2, 0) is 6.54 Å². The van der Waals surface area contributed by atoms with Crippen molar-refractivity contribution in [2.45, 2.75) is 20.4 Å². The predicted octanol–water partition coefficient (Wildman–Crippen LogP) is 3.21. The highest BCUT2D eigenvalue weighted by atomic mass is 16.5. The Labute approximate surface area is 108 Å². The molecule has 2 aromatic rings. The van der Waals surface area contributed by atoms with E-state index in [0.29, 0.717) is 0 Å². The number of ether oxygens (including phenoxy) is 1. The standard InChI is InChI=1S/C15H18N2O/c1-11-4-5-12(2)15(6-11)18-14-7-13(8-16-3)9-17-10-14/h4-7,9-10,16H,8H2,1-3H3. The van der Waals surface area contributed by atoms with Gasteiger partial charge in [0.2, 0.25) is 0 Å². The lowest BCUT2D eigenvalue weighted by Gasteiger charge is -2.10. The molecule has 0 unspecified atom stereocenters. The van der Waals surface area contributed by atoms with Crippen molar-refractivity contribution in [1.82, 2.24) is 10.3 Å². The Morgan fingerprint density at radius 2 is 2.00 bits per heavy atom. The topological polar surface area (TPSA) is 34.2 Å². The predicted molar refractivity (Wildman–Crippen MR) is 73.0 cm³/mol. The highest BCUT2D eigenvalue weighted by Crippen LogP contribution is 2.25. The summed E-state index contributed by atoms with van der Waals surface area (Å²) in [7, 11) is 1.91. The van der Waals surface area contributed by atoms with Gasteiger partial charge in [-0.25, -0.2) is 0 Å². The second-order valence-corrected chi connectivity index (χ2v) is 4.43. The Morgan fingerprint density at radius 1 is 1.17 bits per heavy atom. The van der Waals surface area contributed by atoms with E-state index in [0.717, 1.165) is 29.2 Å². The van der Waals surface area contributed by atoms with Crippen LogP contribution < -0.4 is 10.1 Å². The molecule has 0 saturated carbocycles. The number of nitrogens with one attached hydrogen (secondary N) is 1. The molecule has 0 aliphatic rings. The summed E-state index contributed by atoms with van der Waals surface area (Å²) in [6.07, 6.45) is 3.58. The molecule has 0 atom stereocenters. The molecule has 3 nitrogen and oxygen atoms in total. The van der Waals surface area contributed by atoms with E-state index in [1.54, 1.807) is 6.20 Å². The minimum absolute atomic E-state index is 0.774. The lowest BCUT2D eigenvalue weighted by atomic mass is 10.1. The van der Waals surface area contributed by atoms with Crippen molar-refractivity contribution < 1.29 is 4.74 Å². The van der Waals surface area contributed by atoms with Gasteiger partial charge in [-0.3, -0.25) is 4.98 Å². The van der Waals surface area contributed by atoms with Crippen molar-refractivity contribution in [1.29, 1.82) is 0 Å². The van der Waals surface area contributed by atoms with Crippen LogP contribution >= 0.6 is 0 Å². The second kappa shape index (κ2) is 5.65. The summed E-state index contributed by atoms with van der Waals surface area (Å²) in [5.41, 5.74) is 3.43. The summed E-state index contributed by atoms with van der Waals surface area (Å²) in [5, 5.41) is 3.10. The van der Waals surface area contributed by atoms with Gasteiger partial charge in [0.15, 0.2) is 0 Å². The summed E-state index contributed by atoms with van der Waals surface area (Å²) < 4.78 is 5.89. The molecule has 0 fully saturated rings. The molecule has 18 heavy (non-hydrogen) atoms. The minimum atomic E-state index is 0.774. The number of hydrogen-bond acceptors (Lipinski definition) is 3. The van der Waals surface area contributed by atoms with Gasteiger partial charge in [-0.1, -0.05) is 12.1 Å². The molecule has 0 amide bonds. The molecule has 0 aliphatic carbocycles. The third-order valence-corrected chi connectivity index (χ3v) is 2.72. The van der Waals surface area contributed by atoms with E-state index < -0.39 is 0 Å². The van der Waals surface area contributed by atoms with Crippen LogP contribution in [-0.4, -0.2) is 12.0 Å². The molecule has 0 saturated heterocycles. The van der Waals surface area contributed by atoms with Crippen molar-refractivity contribution in [3.8, 4) is 11.5 Å².